The Morgan fingerprint density at radius 1 is 1.42 bits per heavy atom. The summed E-state index contributed by atoms with van der Waals surface area (Å²) in [7, 11) is -3.93. The molecule has 1 aromatic rings. The van der Waals surface area contributed by atoms with E-state index in [0.717, 1.165) is 25.0 Å². The largest absolute Gasteiger partial charge is 0.342 e. The molecule has 5 nitrogen and oxygen atoms in total. The van der Waals surface area contributed by atoms with Gasteiger partial charge in [0.1, 0.15) is 11.6 Å². The average molecular weight is 360 g/mol. The molecular formula is C16H22F2N2O3S. The molecule has 24 heavy (non-hydrogen) atoms. The van der Waals surface area contributed by atoms with Crippen LogP contribution in [0.25, 0.3) is 0 Å². The highest BCUT2D eigenvalue weighted by Crippen LogP contribution is 2.20. The maximum atomic E-state index is 13.6. The van der Waals surface area contributed by atoms with Gasteiger partial charge in [-0.25, -0.2) is 17.2 Å². The van der Waals surface area contributed by atoms with Gasteiger partial charge in [0.25, 0.3) is 0 Å². The van der Waals surface area contributed by atoms with E-state index >= 15 is 0 Å². The van der Waals surface area contributed by atoms with Crippen LogP contribution in [-0.2, 0) is 14.8 Å². The Labute approximate surface area is 141 Å². The third-order valence-corrected chi connectivity index (χ3v) is 5.53. The van der Waals surface area contributed by atoms with Crippen molar-refractivity contribution in [1.82, 2.24) is 4.90 Å². The maximum absolute atomic E-state index is 13.6. The first-order chi connectivity index (χ1) is 11.2. The van der Waals surface area contributed by atoms with Gasteiger partial charge in [-0.1, -0.05) is 13.8 Å². The zero-order chi connectivity index (χ0) is 17.9. The molecule has 2 atom stereocenters. The van der Waals surface area contributed by atoms with Crippen molar-refractivity contribution >= 4 is 21.6 Å². The molecule has 1 aromatic carbocycles. The summed E-state index contributed by atoms with van der Waals surface area (Å²) < 4.78 is 52.8. The third kappa shape index (κ3) is 4.90. The van der Waals surface area contributed by atoms with Crippen LogP contribution in [0.5, 0.6) is 0 Å². The van der Waals surface area contributed by atoms with E-state index in [1.165, 1.54) is 0 Å². The summed E-state index contributed by atoms with van der Waals surface area (Å²) in [5.41, 5.74) is -0.331. The molecule has 1 heterocycles. The zero-order valence-corrected chi connectivity index (χ0v) is 14.6. The number of hydrogen-bond donors (Lipinski definition) is 1. The van der Waals surface area contributed by atoms with Crippen molar-refractivity contribution in [2.45, 2.75) is 26.7 Å². The van der Waals surface area contributed by atoms with Gasteiger partial charge in [-0.2, -0.15) is 0 Å². The first-order valence-corrected chi connectivity index (χ1v) is 9.57. The van der Waals surface area contributed by atoms with E-state index in [9.17, 15) is 22.0 Å². The molecule has 1 fully saturated rings. The van der Waals surface area contributed by atoms with Crippen molar-refractivity contribution in [2.75, 3.05) is 23.6 Å². The van der Waals surface area contributed by atoms with Crippen molar-refractivity contribution in [3.63, 3.8) is 0 Å². The van der Waals surface area contributed by atoms with Crippen LogP contribution in [-0.4, -0.2) is 38.1 Å². The smallest absolute Gasteiger partial charge is 0.233 e. The Kier molecular flexibility index (Phi) is 5.79. The van der Waals surface area contributed by atoms with Crippen molar-refractivity contribution in [2.24, 2.45) is 11.8 Å². The number of rotatable bonds is 5. The molecule has 2 rings (SSSR count). The number of piperidine rings is 1. The van der Waals surface area contributed by atoms with Gasteiger partial charge in [0, 0.05) is 19.2 Å². The van der Waals surface area contributed by atoms with Gasteiger partial charge >= 0.3 is 0 Å². The number of carbonyl (C=O) groups excluding carboxylic acids is 1. The molecule has 1 aliphatic rings. The van der Waals surface area contributed by atoms with Gasteiger partial charge in [-0.15, -0.1) is 0 Å². The summed E-state index contributed by atoms with van der Waals surface area (Å²) in [6.45, 7) is 4.86. The van der Waals surface area contributed by atoms with E-state index < -0.39 is 33.3 Å². The molecule has 0 bridgehead atoms. The van der Waals surface area contributed by atoms with Crippen LogP contribution in [0.3, 0.4) is 0 Å². The molecule has 1 amide bonds. The quantitative estimate of drug-likeness (QED) is 0.878. The van der Waals surface area contributed by atoms with Crippen LogP contribution in [0.4, 0.5) is 14.5 Å². The fourth-order valence-corrected chi connectivity index (χ4v) is 4.27. The summed E-state index contributed by atoms with van der Waals surface area (Å²) >= 11 is 0. The molecule has 0 spiro atoms. The molecule has 0 aliphatic carbocycles. The maximum Gasteiger partial charge on any atom is 0.233 e. The van der Waals surface area contributed by atoms with E-state index in [1.807, 2.05) is 0 Å². The number of halogens is 2. The molecule has 134 valence electrons. The second-order valence-electron chi connectivity index (χ2n) is 6.44. The van der Waals surface area contributed by atoms with Gasteiger partial charge in [-0.3, -0.25) is 9.52 Å². The fraction of sp³-hybridized carbons (Fsp3) is 0.562. The third-order valence-electron chi connectivity index (χ3n) is 4.06. The number of hydrogen-bond acceptors (Lipinski definition) is 3. The number of nitrogens with zero attached hydrogens (tertiary/aromatic N) is 1. The zero-order valence-electron chi connectivity index (χ0n) is 13.8. The number of anilines is 1. The van der Waals surface area contributed by atoms with Gasteiger partial charge in [0.05, 0.1) is 17.4 Å². The highest BCUT2D eigenvalue weighted by Gasteiger charge is 2.28. The highest BCUT2D eigenvalue weighted by molar-refractivity contribution is 7.92. The monoisotopic (exact) mass is 360 g/mol. The Balaban J connectivity index is 2.01. The van der Waals surface area contributed by atoms with Crippen LogP contribution in [0.15, 0.2) is 18.2 Å². The lowest BCUT2D eigenvalue weighted by atomic mass is 9.99. The first-order valence-electron chi connectivity index (χ1n) is 7.92. The standard InChI is InChI=1S/C16H22F2N2O3S/c1-11-4-3-7-20(9-11)16(21)12(2)10-24(22,23)19-15-6-5-13(17)8-14(15)18/h5-6,8,11-12,19H,3-4,7,9-10H2,1-2H3. The van der Waals surface area contributed by atoms with Crippen LogP contribution < -0.4 is 4.72 Å². The minimum Gasteiger partial charge on any atom is -0.342 e. The van der Waals surface area contributed by atoms with Crippen molar-refractivity contribution in [3.05, 3.63) is 29.8 Å². The normalized spacial score (nSPS) is 19.8. The molecule has 0 aromatic heterocycles. The lowest BCUT2D eigenvalue weighted by Gasteiger charge is -2.32. The summed E-state index contributed by atoms with van der Waals surface area (Å²) in [5, 5.41) is 0. The lowest BCUT2D eigenvalue weighted by molar-refractivity contribution is -0.136. The molecule has 1 aliphatic heterocycles. The number of sulfonamides is 1. The Morgan fingerprint density at radius 3 is 2.75 bits per heavy atom. The second-order valence-corrected chi connectivity index (χ2v) is 8.21. The number of likely N-dealkylation sites (tertiary alicyclic amines) is 1. The van der Waals surface area contributed by atoms with Crippen LogP contribution in [0.1, 0.15) is 26.7 Å². The first kappa shape index (κ1) is 18.6. The fourth-order valence-electron chi connectivity index (χ4n) is 2.88. The van der Waals surface area contributed by atoms with Crippen LogP contribution in [0.2, 0.25) is 0 Å². The van der Waals surface area contributed by atoms with Crippen LogP contribution in [0, 0.1) is 23.5 Å². The lowest BCUT2D eigenvalue weighted by Crippen LogP contribution is -2.43. The minimum absolute atomic E-state index is 0.216. The number of carbonyl (C=O) groups is 1. The van der Waals surface area contributed by atoms with Crippen molar-refractivity contribution < 1.29 is 22.0 Å². The topological polar surface area (TPSA) is 66.5 Å². The predicted molar refractivity (Wildman–Crippen MR) is 87.9 cm³/mol. The van der Waals surface area contributed by atoms with E-state index in [1.54, 1.807) is 11.8 Å². The Bertz CT molecular complexity index is 709. The van der Waals surface area contributed by atoms with Crippen LogP contribution >= 0.6 is 0 Å². The molecule has 0 saturated carbocycles. The molecule has 1 N–H and O–H groups in total. The van der Waals surface area contributed by atoms with E-state index in [2.05, 4.69) is 11.6 Å². The van der Waals surface area contributed by atoms with E-state index in [0.29, 0.717) is 25.1 Å². The predicted octanol–water partition coefficient (Wildman–Crippen LogP) is 2.60. The van der Waals surface area contributed by atoms with Gasteiger partial charge < -0.3 is 4.90 Å². The second kappa shape index (κ2) is 7.46. The molecule has 1 saturated heterocycles. The van der Waals surface area contributed by atoms with E-state index in [4.69, 9.17) is 0 Å². The Morgan fingerprint density at radius 2 is 2.12 bits per heavy atom. The van der Waals surface area contributed by atoms with Gasteiger partial charge in [0.2, 0.25) is 15.9 Å². The molecule has 0 radical (unpaired) electrons. The summed E-state index contributed by atoms with van der Waals surface area (Å²) in [6.07, 6.45) is 1.97. The van der Waals surface area contributed by atoms with Gasteiger partial charge in [0.15, 0.2) is 0 Å². The Hall–Kier alpha value is -1.70. The SMILES string of the molecule is CC1CCCN(C(=O)C(C)CS(=O)(=O)Nc2ccc(F)cc2F)C1. The summed E-state index contributed by atoms with van der Waals surface area (Å²) in [6, 6.07) is 2.58. The molecular weight excluding hydrogens is 338 g/mol. The summed E-state index contributed by atoms with van der Waals surface area (Å²) in [5.74, 6) is -2.80. The van der Waals surface area contributed by atoms with E-state index in [-0.39, 0.29) is 11.6 Å². The molecule has 8 heteroatoms. The number of nitrogens with one attached hydrogen (secondary N) is 1. The van der Waals surface area contributed by atoms with Gasteiger partial charge in [-0.05, 0) is 30.9 Å². The van der Waals surface area contributed by atoms with Crippen molar-refractivity contribution in [1.29, 1.82) is 0 Å². The van der Waals surface area contributed by atoms with Crippen molar-refractivity contribution in [3.8, 4) is 0 Å². The molecule has 2 unspecified atom stereocenters. The minimum atomic E-state index is -3.93. The number of benzene rings is 1. The summed E-state index contributed by atoms with van der Waals surface area (Å²) in [4.78, 5) is 14.1. The number of amides is 1. The highest BCUT2D eigenvalue weighted by atomic mass is 32.2. The average Bonchev–Trinajstić information content (AvgIpc) is 2.49.